The quantitative estimate of drug-likeness (QED) is 0.517. The molecule has 2 aromatic rings. The number of fused-ring (bicyclic) bond motifs is 1. The zero-order valence-corrected chi connectivity index (χ0v) is 15.9. The van der Waals surface area contributed by atoms with Gasteiger partial charge in [-0.2, -0.15) is 0 Å². The summed E-state index contributed by atoms with van der Waals surface area (Å²) in [6.07, 6.45) is 4.54. The van der Waals surface area contributed by atoms with Gasteiger partial charge in [-0.25, -0.2) is 14.4 Å². The Kier molecular flexibility index (Phi) is 6.23. The van der Waals surface area contributed by atoms with Crippen molar-refractivity contribution < 1.29 is 23.9 Å². The van der Waals surface area contributed by atoms with Gasteiger partial charge in [-0.05, 0) is 41.3 Å². The average Bonchev–Trinajstić information content (AvgIpc) is 2.71. The molecule has 1 aromatic heterocycles. The van der Waals surface area contributed by atoms with Crippen LogP contribution in [0, 0.1) is 5.82 Å². The minimum atomic E-state index is -0.458. The highest BCUT2D eigenvalue weighted by Crippen LogP contribution is 2.30. The molecule has 0 saturated carbocycles. The van der Waals surface area contributed by atoms with Gasteiger partial charge in [0.05, 0.1) is 5.57 Å². The van der Waals surface area contributed by atoms with E-state index < -0.39 is 11.6 Å². The van der Waals surface area contributed by atoms with Crippen molar-refractivity contribution >= 4 is 29.1 Å². The molecule has 0 unspecified atom stereocenters. The molecule has 0 aliphatic heterocycles. The molecule has 0 saturated heterocycles. The second kappa shape index (κ2) is 8.83. The fourth-order valence-electron chi connectivity index (χ4n) is 3.16. The van der Waals surface area contributed by atoms with Crippen LogP contribution in [0.5, 0.6) is 0 Å². The molecule has 1 aromatic carbocycles. The smallest absolute Gasteiger partial charge is 0.200 e. The molecule has 0 spiro atoms. The Morgan fingerprint density at radius 2 is 1.93 bits per heavy atom. The Labute approximate surface area is 166 Å². The maximum Gasteiger partial charge on any atom is 0.200 e. The number of carbonyl (C=O) groups is 3. The summed E-state index contributed by atoms with van der Waals surface area (Å²) in [4.78, 5) is 44.9. The third-order valence-corrected chi connectivity index (χ3v) is 4.64. The zero-order chi connectivity index (χ0) is 21.0. The highest BCUT2D eigenvalue weighted by atomic mass is 19.1. The van der Waals surface area contributed by atoms with Crippen LogP contribution in [0.3, 0.4) is 0 Å². The molecule has 2 N–H and O–H groups in total. The van der Waals surface area contributed by atoms with E-state index in [1.54, 1.807) is 7.05 Å². The maximum atomic E-state index is 13.8. The number of aromatic nitrogens is 2. The van der Waals surface area contributed by atoms with Crippen molar-refractivity contribution in [3.8, 4) is 0 Å². The first-order chi connectivity index (χ1) is 13.9. The van der Waals surface area contributed by atoms with Crippen LogP contribution >= 0.6 is 0 Å². The van der Waals surface area contributed by atoms with Gasteiger partial charge in [-0.1, -0.05) is 0 Å². The van der Waals surface area contributed by atoms with Gasteiger partial charge in [0.25, 0.3) is 0 Å². The van der Waals surface area contributed by atoms with Crippen molar-refractivity contribution in [3.63, 3.8) is 0 Å². The monoisotopic (exact) mass is 397 g/mol. The Bertz CT molecular complexity index is 1000. The highest BCUT2D eigenvalue weighted by molar-refractivity contribution is 6.25. The van der Waals surface area contributed by atoms with E-state index in [9.17, 15) is 18.8 Å². The summed E-state index contributed by atoms with van der Waals surface area (Å²) in [5.74, 6) is -1.48. The predicted molar refractivity (Wildman–Crippen MR) is 104 cm³/mol. The first-order valence-electron chi connectivity index (χ1n) is 9.16. The van der Waals surface area contributed by atoms with Crippen LogP contribution < -0.4 is 5.32 Å². The Morgan fingerprint density at radius 3 is 2.59 bits per heavy atom. The Morgan fingerprint density at radius 1 is 1.21 bits per heavy atom. The Hall–Kier alpha value is -3.26. The lowest BCUT2D eigenvalue weighted by molar-refractivity contribution is -0.120. The summed E-state index contributed by atoms with van der Waals surface area (Å²) in [6.45, 7) is -0.0930. The number of halogens is 1. The van der Waals surface area contributed by atoms with Crippen molar-refractivity contribution in [2.75, 3.05) is 19.0 Å². The van der Waals surface area contributed by atoms with E-state index in [0.717, 1.165) is 0 Å². The summed E-state index contributed by atoms with van der Waals surface area (Å²) in [5.41, 5.74) is 2.14. The van der Waals surface area contributed by atoms with E-state index in [4.69, 9.17) is 5.11 Å². The minimum absolute atomic E-state index is 0.00764. The van der Waals surface area contributed by atoms with Gasteiger partial charge in [-0.15, -0.1) is 0 Å². The number of aliphatic hydroxyl groups excluding tert-OH is 1. The first-order valence-corrected chi connectivity index (χ1v) is 9.16. The van der Waals surface area contributed by atoms with Gasteiger partial charge in [0, 0.05) is 51.0 Å². The SMILES string of the molecule is CNc1cc(F)cc2c1CC(=O)C(C(=O)Cc1cnc(C(=O)CCCO)nc1)=C2. The standard InChI is InChI=1S/C21H20FN3O4/c1-23-17-8-14(22)6-13-7-16(20(29)9-15(13)17)19(28)5-12-10-24-21(25-11-12)18(27)3-2-4-26/h6-8,10-11,23,26H,2-5,9H2,1H3. The molecule has 1 heterocycles. The van der Waals surface area contributed by atoms with Crippen LogP contribution in [0.15, 0.2) is 30.1 Å². The molecule has 8 heteroatoms. The number of aliphatic hydroxyl groups is 1. The normalized spacial score (nSPS) is 12.9. The van der Waals surface area contributed by atoms with Crippen LogP contribution in [0.25, 0.3) is 6.08 Å². The summed E-state index contributed by atoms with van der Waals surface area (Å²) in [6, 6.07) is 2.61. The van der Waals surface area contributed by atoms with Crippen molar-refractivity contribution in [2.45, 2.75) is 25.7 Å². The molecule has 150 valence electrons. The van der Waals surface area contributed by atoms with E-state index in [1.807, 2.05) is 0 Å². The number of allylic oxidation sites excluding steroid dienone is 1. The molecule has 1 aliphatic rings. The molecular formula is C21H20FN3O4. The van der Waals surface area contributed by atoms with Crippen LogP contribution in [0.1, 0.15) is 40.2 Å². The van der Waals surface area contributed by atoms with Gasteiger partial charge >= 0.3 is 0 Å². The van der Waals surface area contributed by atoms with Crippen molar-refractivity contribution in [1.82, 2.24) is 9.97 Å². The fourth-order valence-corrected chi connectivity index (χ4v) is 3.16. The third-order valence-electron chi connectivity index (χ3n) is 4.64. The largest absolute Gasteiger partial charge is 0.396 e. The topological polar surface area (TPSA) is 109 Å². The van der Waals surface area contributed by atoms with Gasteiger partial charge in [0.15, 0.2) is 23.2 Å². The number of anilines is 1. The average molecular weight is 397 g/mol. The van der Waals surface area contributed by atoms with Crippen LogP contribution in [0.4, 0.5) is 10.1 Å². The van der Waals surface area contributed by atoms with Crippen molar-refractivity contribution in [2.24, 2.45) is 0 Å². The van der Waals surface area contributed by atoms with Gasteiger partial charge in [0.2, 0.25) is 0 Å². The summed E-state index contributed by atoms with van der Waals surface area (Å²) in [7, 11) is 1.64. The molecule has 1 aliphatic carbocycles. The van der Waals surface area contributed by atoms with Gasteiger partial charge in [0.1, 0.15) is 5.82 Å². The van der Waals surface area contributed by atoms with E-state index in [-0.39, 0.29) is 48.8 Å². The molecule has 3 rings (SSSR count). The number of hydrogen-bond acceptors (Lipinski definition) is 7. The summed E-state index contributed by atoms with van der Waals surface area (Å²) >= 11 is 0. The van der Waals surface area contributed by atoms with Crippen LogP contribution in [0.2, 0.25) is 0 Å². The number of nitrogens with zero attached hydrogens (tertiary/aromatic N) is 2. The predicted octanol–water partition coefficient (Wildman–Crippen LogP) is 1.93. The van der Waals surface area contributed by atoms with E-state index >= 15 is 0 Å². The van der Waals surface area contributed by atoms with Crippen molar-refractivity contribution in [1.29, 1.82) is 0 Å². The molecule has 0 atom stereocenters. The van der Waals surface area contributed by atoms with Crippen LogP contribution in [-0.4, -0.2) is 46.1 Å². The number of carbonyl (C=O) groups excluding carboxylic acids is 3. The van der Waals surface area contributed by atoms with E-state index in [0.29, 0.717) is 28.8 Å². The second-order valence-corrected chi connectivity index (χ2v) is 6.69. The number of Topliss-reactive ketones (excluding diaryl/α,β-unsaturated/α-hetero) is 3. The molecule has 0 amide bonds. The molecule has 0 bridgehead atoms. The first kappa shape index (κ1) is 20.5. The number of hydrogen-bond donors (Lipinski definition) is 2. The Balaban J connectivity index is 1.78. The van der Waals surface area contributed by atoms with Crippen LogP contribution in [-0.2, 0) is 22.4 Å². The van der Waals surface area contributed by atoms with Gasteiger partial charge in [-0.3, -0.25) is 14.4 Å². The number of nitrogens with one attached hydrogen (secondary N) is 1. The highest BCUT2D eigenvalue weighted by Gasteiger charge is 2.26. The lowest BCUT2D eigenvalue weighted by Gasteiger charge is -2.18. The summed E-state index contributed by atoms with van der Waals surface area (Å²) in [5, 5.41) is 11.6. The number of ketones is 3. The third kappa shape index (κ3) is 4.60. The zero-order valence-electron chi connectivity index (χ0n) is 15.9. The molecule has 29 heavy (non-hydrogen) atoms. The summed E-state index contributed by atoms with van der Waals surface area (Å²) < 4.78 is 13.8. The van der Waals surface area contributed by atoms with Gasteiger partial charge < -0.3 is 10.4 Å². The number of rotatable bonds is 8. The molecular weight excluding hydrogens is 377 g/mol. The molecule has 7 nitrogen and oxygen atoms in total. The maximum absolute atomic E-state index is 13.8. The van der Waals surface area contributed by atoms with E-state index in [2.05, 4.69) is 15.3 Å². The second-order valence-electron chi connectivity index (χ2n) is 6.69. The molecule has 0 radical (unpaired) electrons. The number of benzene rings is 1. The lowest BCUT2D eigenvalue weighted by atomic mass is 9.87. The van der Waals surface area contributed by atoms with Crippen molar-refractivity contribution in [3.05, 3.63) is 58.4 Å². The van der Waals surface area contributed by atoms with E-state index in [1.165, 1.54) is 30.6 Å². The fraction of sp³-hybridized carbons (Fsp3) is 0.286. The minimum Gasteiger partial charge on any atom is -0.396 e. The lowest BCUT2D eigenvalue weighted by Crippen LogP contribution is -2.21. The molecule has 0 fully saturated rings.